The Bertz CT molecular complexity index is 351. The van der Waals surface area contributed by atoms with Crippen LogP contribution in [0.4, 0.5) is 10.1 Å². The van der Waals surface area contributed by atoms with Crippen molar-refractivity contribution in [3.05, 3.63) is 28.5 Å². The first-order valence-corrected chi connectivity index (χ1v) is 6.46. The molecule has 0 aliphatic carbocycles. The molecule has 1 aliphatic rings. The van der Waals surface area contributed by atoms with E-state index in [9.17, 15) is 4.39 Å². The van der Waals surface area contributed by atoms with Crippen LogP contribution in [0.25, 0.3) is 0 Å². The van der Waals surface area contributed by atoms with Gasteiger partial charge in [-0.15, -0.1) is 0 Å². The molecule has 1 saturated heterocycles. The van der Waals surface area contributed by atoms with Gasteiger partial charge in [-0.1, -0.05) is 15.9 Å². The molecule has 4 heteroatoms. The van der Waals surface area contributed by atoms with E-state index < -0.39 is 0 Å². The predicted octanol–water partition coefficient (Wildman–Crippen LogP) is 3.10. The van der Waals surface area contributed by atoms with Crippen molar-refractivity contribution >= 4 is 21.6 Å². The number of nitrogens with one attached hydrogen (secondary N) is 1. The van der Waals surface area contributed by atoms with Gasteiger partial charge < -0.3 is 10.2 Å². The lowest BCUT2D eigenvalue weighted by Crippen LogP contribution is -2.26. The number of anilines is 1. The van der Waals surface area contributed by atoms with Gasteiger partial charge in [-0.05, 0) is 44.1 Å². The van der Waals surface area contributed by atoms with Crippen LogP contribution in [0.2, 0.25) is 0 Å². The van der Waals surface area contributed by atoms with Crippen LogP contribution < -0.4 is 5.32 Å². The van der Waals surface area contributed by atoms with E-state index >= 15 is 0 Å². The van der Waals surface area contributed by atoms with Crippen molar-refractivity contribution in [1.82, 2.24) is 4.90 Å². The lowest BCUT2D eigenvalue weighted by atomic mass is 10.3. The summed E-state index contributed by atoms with van der Waals surface area (Å²) in [6.45, 7) is 4.17. The van der Waals surface area contributed by atoms with Crippen molar-refractivity contribution in [2.45, 2.75) is 12.8 Å². The molecule has 1 aliphatic heterocycles. The van der Waals surface area contributed by atoms with E-state index in [4.69, 9.17) is 0 Å². The molecule has 1 aromatic rings. The van der Waals surface area contributed by atoms with Gasteiger partial charge >= 0.3 is 0 Å². The zero-order valence-electron chi connectivity index (χ0n) is 9.18. The third-order valence-electron chi connectivity index (χ3n) is 2.87. The minimum atomic E-state index is -0.198. The molecular weight excluding hydrogens is 271 g/mol. The summed E-state index contributed by atoms with van der Waals surface area (Å²) in [5.41, 5.74) is 0.586. The topological polar surface area (TPSA) is 15.3 Å². The summed E-state index contributed by atoms with van der Waals surface area (Å²) in [5, 5.41) is 3.13. The van der Waals surface area contributed by atoms with Crippen LogP contribution >= 0.6 is 15.9 Å². The molecular formula is C12H16BrFN2. The second-order valence-electron chi connectivity index (χ2n) is 4.10. The standard InChI is InChI=1S/C12H16BrFN2/c13-10-3-4-12(11(14)9-10)15-5-8-16-6-1-2-7-16/h3-4,9,15H,1-2,5-8H2. The number of halogens is 2. The largest absolute Gasteiger partial charge is 0.381 e. The maximum Gasteiger partial charge on any atom is 0.147 e. The van der Waals surface area contributed by atoms with E-state index in [-0.39, 0.29) is 5.82 Å². The first-order chi connectivity index (χ1) is 7.75. The third kappa shape index (κ3) is 3.19. The summed E-state index contributed by atoms with van der Waals surface area (Å²) in [6.07, 6.45) is 2.60. The number of likely N-dealkylation sites (tertiary alicyclic amines) is 1. The molecule has 88 valence electrons. The smallest absolute Gasteiger partial charge is 0.147 e. The van der Waals surface area contributed by atoms with Gasteiger partial charge in [-0.2, -0.15) is 0 Å². The van der Waals surface area contributed by atoms with Gasteiger partial charge in [0.25, 0.3) is 0 Å². The molecule has 0 unspecified atom stereocenters. The summed E-state index contributed by atoms with van der Waals surface area (Å²) < 4.78 is 14.2. The zero-order valence-corrected chi connectivity index (χ0v) is 10.8. The Morgan fingerprint density at radius 2 is 2.06 bits per heavy atom. The highest BCUT2D eigenvalue weighted by molar-refractivity contribution is 9.10. The summed E-state index contributed by atoms with van der Waals surface area (Å²) in [6, 6.07) is 5.10. The quantitative estimate of drug-likeness (QED) is 0.915. The molecule has 1 heterocycles. The summed E-state index contributed by atoms with van der Waals surface area (Å²) in [5.74, 6) is -0.198. The van der Waals surface area contributed by atoms with Gasteiger partial charge in [0, 0.05) is 17.6 Å². The molecule has 0 aromatic heterocycles. The van der Waals surface area contributed by atoms with Gasteiger partial charge in [0.05, 0.1) is 5.69 Å². The number of rotatable bonds is 4. The van der Waals surface area contributed by atoms with Crippen LogP contribution in [-0.2, 0) is 0 Å². The highest BCUT2D eigenvalue weighted by atomic mass is 79.9. The van der Waals surface area contributed by atoms with Gasteiger partial charge in [0.15, 0.2) is 0 Å². The molecule has 16 heavy (non-hydrogen) atoms. The Hall–Kier alpha value is -0.610. The first-order valence-electron chi connectivity index (χ1n) is 5.67. The van der Waals surface area contributed by atoms with Crippen molar-refractivity contribution in [1.29, 1.82) is 0 Å². The fraction of sp³-hybridized carbons (Fsp3) is 0.500. The van der Waals surface area contributed by atoms with Crippen molar-refractivity contribution in [2.24, 2.45) is 0 Å². The molecule has 0 atom stereocenters. The average molecular weight is 287 g/mol. The first kappa shape index (κ1) is 11.9. The van der Waals surface area contributed by atoms with Gasteiger partial charge in [0.2, 0.25) is 0 Å². The molecule has 0 saturated carbocycles. The monoisotopic (exact) mass is 286 g/mol. The van der Waals surface area contributed by atoms with Crippen molar-refractivity contribution in [2.75, 3.05) is 31.5 Å². The molecule has 0 spiro atoms. The summed E-state index contributed by atoms with van der Waals surface area (Å²) >= 11 is 3.24. The van der Waals surface area contributed by atoms with Crippen LogP contribution in [0.1, 0.15) is 12.8 Å². The number of hydrogen-bond acceptors (Lipinski definition) is 2. The van der Waals surface area contributed by atoms with E-state index in [1.54, 1.807) is 6.07 Å². The Balaban J connectivity index is 1.80. The molecule has 0 amide bonds. The second kappa shape index (κ2) is 5.64. The fourth-order valence-electron chi connectivity index (χ4n) is 1.99. The van der Waals surface area contributed by atoms with Crippen molar-refractivity contribution in [3.8, 4) is 0 Å². The van der Waals surface area contributed by atoms with Crippen LogP contribution in [-0.4, -0.2) is 31.1 Å². The molecule has 2 rings (SSSR count). The maximum atomic E-state index is 13.4. The zero-order chi connectivity index (χ0) is 11.4. The molecule has 2 nitrogen and oxygen atoms in total. The lowest BCUT2D eigenvalue weighted by molar-refractivity contribution is 0.352. The van der Waals surface area contributed by atoms with Gasteiger partial charge in [-0.25, -0.2) is 4.39 Å². The Morgan fingerprint density at radius 3 is 2.75 bits per heavy atom. The number of nitrogens with zero attached hydrogens (tertiary/aromatic N) is 1. The van der Waals surface area contributed by atoms with E-state index in [1.807, 2.05) is 6.07 Å². The van der Waals surface area contributed by atoms with Gasteiger partial charge in [0.1, 0.15) is 5.82 Å². The molecule has 1 fully saturated rings. The minimum absolute atomic E-state index is 0.198. The SMILES string of the molecule is Fc1cc(Br)ccc1NCCN1CCCC1. The molecule has 1 N–H and O–H groups in total. The number of hydrogen-bond donors (Lipinski definition) is 1. The Morgan fingerprint density at radius 1 is 1.31 bits per heavy atom. The summed E-state index contributed by atoms with van der Waals surface area (Å²) in [4.78, 5) is 2.41. The molecule has 0 bridgehead atoms. The lowest BCUT2D eigenvalue weighted by Gasteiger charge is -2.15. The fourth-order valence-corrected chi connectivity index (χ4v) is 2.32. The maximum absolute atomic E-state index is 13.4. The van der Waals surface area contributed by atoms with Gasteiger partial charge in [-0.3, -0.25) is 0 Å². The van der Waals surface area contributed by atoms with E-state index in [0.29, 0.717) is 5.69 Å². The van der Waals surface area contributed by atoms with Crippen LogP contribution in [0, 0.1) is 5.82 Å². The Labute approximate surface area is 104 Å². The highest BCUT2D eigenvalue weighted by Crippen LogP contribution is 2.19. The second-order valence-corrected chi connectivity index (χ2v) is 5.02. The third-order valence-corrected chi connectivity index (χ3v) is 3.37. The molecule has 0 radical (unpaired) electrons. The van der Waals surface area contributed by atoms with E-state index in [1.165, 1.54) is 32.0 Å². The van der Waals surface area contributed by atoms with Crippen LogP contribution in [0.5, 0.6) is 0 Å². The predicted molar refractivity (Wildman–Crippen MR) is 68.3 cm³/mol. The van der Waals surface area contributed by atoms with Crippen LogP contribution in [0.3, 0.4) is 0 Å². The summed E-state index contributed by atoms with van der Waals surface area (Å²) in [7, 11) is 0. The minimum Gasteiger partial charge on any atom is -0.381 e. The average Bonchev–Trinajstić information content (AvgIpc) is 2.74. The molecule has 1 aromatic carbocycles. The van der Waals surface area contributed by atoms with Crippen LogP contribution in [0.15, 0.2) is 22.7 Å². The Kier molecular flexibility index (Phi) is 4.18. The number of benzene rings is 1. The highest BCUT2D eigenvalue weighted by Gasteiger charge is 2.10. The van der Waals surface area contributed by atoms with E-state index in [0.717, 1.165) is 17.6 Å². The van der Waals surface area contributed by atoms with E-state index in [2.05, 4.69) is 26.1 Å². The normalized spacial score (nSPS) is 16.6. The van der Waals surface area contributed by atoms with Crippen molar-refractivity contribution in [3.63, 3.8) is 0 Å². The van der Waals surface area contributed by atoms with Crippen molar-refractivity contribution < 1.29 is 4.39 Å².